The van der Waals surface area contributed by atoms with Crippen molar-refractivity contribution in [1.29, 1.82) is 0 Å². The largest absolute Gasteiger partial charge is 0.508 e. The zero-order valence-corrected chi connectivity index (χ0v) is 11.2. The van der Waals surface area contributed by atoms with Gasteiger partial charge in [-0.05, 0) is 24.3 Å². The highest BCUT2D eigenvalue weighted by molar-refractivity contribution is 7.73. The Hall–Kier alpha value is -1.84. The smallest absolute Gasteiger partial charge is 0.404 e. The lowest BCUT2D eigenvalue weighted by molar-refractivity contribution is -0.163. The maximum absolute atomic E-state index is 13.0. The number of halogens is 4. The summed E-state index contributed by atoms with van der Waals surface area (Å²) in [6.07, 6.45) is -1.65. The monoisotopic (exact) mass is 330 g/mol. The Morgan fingerprint density at radius 2 is 1.67 bits per heavy atom. The van der Waals surface area contributed by atoms with Gasteiger partial charge in [0.25, 0.3) is 0 Å². The van der Waals surface area contributed by atoms with Crippen LogP contribution in [-0.4, -0.2) is 37.3 Å². The molecule has 118 valence electrons. The Kier molecular flexibility index (Phi) is 5.15. The molecule has 21 heavy (non-hydrogen) atoms. The Bertz CT molecular complexity index is 575. The third-order valence-corrected chi connectivity index (χ3v) is 3.21. The number of benzene rings is 1. The maximum atomic E-state index is 13.0. The summed E-state index contributed by atoms with van der Waals surface area (Å²) in [7, 11) is -4.66. The molecule has 1 aromatic carbocycles. The van der Waals surface area contributed by atoms with E-state index in [1.165, 1.54) is 0 Å². The summed E-state index contributed by atoms with van der Waals surface area (Å²) in [4.78, 5) is 11.4. The van der Waals surface area contributed by atoms with Crippen molar-refractivity contribution in [3.8, 4) is 5.75 Å². The summed E-state index contributed by atoms with van der Waals surface area (Å²) >= 11 is 0. The van der Waals surface area contributed by atoms with Crippen LogP contribution in [0.2, 0.25) is 0 Å². The van der Waals surface area contributed by atoms with Gasteiger partial charge in [0.15, 0.2) is 0 Å². The van der Waals surface area contributed by atoms with E-state index in [9.17, 15) is 30.8 Å². The number of carbonyl (C=O) groups is 1. The molecule has 0 aliphatic carbocycles. The van der Waals surface area contributed by atoms with Crippen molar-refractivity contribution in [1.82, 2.24) is 0 Å². The van der Waals surface area contributed by atoms with Crippen molar-refractivity contribution < 1.29 is 40.6 Å². The molecule has 0 aromatic heterocycles. The second-order valence-corrected chi connectivity index (χ2v) is 5.01. The molecule has 0 heterocycles. The summed E-state index contributed by atoms with van der Waals surface area (Å²) < 4.78 is 75.9. The minimum atomic E-state index is -5.22. The number of aromatic hydroxyl groups is 1. The molecule has 0 atom stereocenters. The predicted molar refractivity (Wildman–Crippen MR) is 63.2 cm³/mol. The molecule has 0 aliphatic heterocycles. The Morgan fingerprint density at radius 3 is 2.14 bits per heavy atom. The van der Waals surface area contributed by atoms with Crippen LogP contribution in [0.1, 0.15) is 16.8 Å². The van der Waals surface area contributed by atoms with Gasteiger partial charge in [-0.2, -0.15) is 17.6 Å². The van der Waals surface area contributed by atoms with Crippen LogP contribution in [0, 0.1) is 0 Å². The Balaban J connectivity index is 2.60. The summed E-state index contributed by atoms with van der Waals surface area (Å²) in [5, 5.41) is 3.76. The number of rotatable bonds is 6. The van der Waals surface area contributed by atoms with E-state index in [-0.39, 0.29) is 11.3 Å². The van der Waals surface area contributed by atoms with Gasteiger partial charge >= 0.3 is 17.1 Å². The van der Waals surface area contributed by atoms with E-state index in [4.69, 9.17) is 5.11 Å². The van der Waals surface area contributed by atoms with E-state index >= 15 is 0 Å². The lowest BCUT2D eigenvalue weighted by atomic mass is 10.2. The molecule has 0 amide bonds. The van der Waals surface area contributed by atoms with Crippen LogP contribution in [0.15, 0.2) is 24.3 Å². The minimum absolute atomic E-state index is 0.0854. The molecule has 0 spiro atoms. The molecule has 10 heteroatoms. The molecule has 1 rings (SSSR count). The van der Waals surface area contributed by atoms with Crippen LogP contribution < -0.4 is 0 Å². The molecule has 0 aliphatic rings. The first-order valence-electron chi connectivity index (χ1n) is 5.44. The van der Waals surface area contributed by atoms with E-state index in [1.54, 1.807) is 0 Å². The number of alkyl halides is 4. The number of hydrogen-bond acceptors (Lipinski definition) is 5. The topological polar surface area (TPSA) is 80.7 Å². The Morgan fingerprint density at radius 1 is 1.14 bits per heavy atom. The van der Waals surface area contributed by atoms with Gasteiger partial charge in [0.1, 0.15) is 5.75 Å². The van der Waals surface area contributed by atoms with Gasteiger partial charge in [-0.3, -0.25) is 0 Å². The van der Waals surface area contributed by atoms with E-state index in [2.05, 4.69) is 4.74 Å². The number of phenolic OH excluding ortho intramolecular Hbond substituents is 1. The van der Waals surface area contributed by atoms with Crippen molar-refractivity contribution in [3.63, 3.8) is 0 Å². The number of carbonyl (C=O) groups excluding carboxylic acids is 1. The summed E-state index contributed by atoms with van der Waals surface area (Å²) in [5.74, 6) is -6.06. The maximum Gasteiger partial charge on any atom is 0.404 e. The SMILES string of the molecule is O=C(OCCC(F)(F)C(F)(F)[SH](=O)=O)c1ccc(O)cc1. The molecule has 0 saturated carbocycles. The van der Waals surface area contributed by atoms with Crippen LogP contribution in [0.25, 0.3) is 0 Å². The van der Waals surface area contributed by atoms with E-state index in [0.717, 1.165) is 24.3 Å². The zero-order valence-electron chi connectivity index (χ0n) is 10.3. The lowest BCUT2D eigenvalue weighted by Crippen LogP contribution is -2.42. The third kappa shape index (κ3) is 4.06. The molecule has 0 radical (unpaired) electrons. The number of thiol groups is 1. The fraction of sp³-hybridized carbons (Fsp3) is 0.364. The lowest BCUT2D eigenvalue weighted by Gasteiger charge is -2.21. The molecule has 5 nitrogen and oxygen atoms in total. The van der Waals surface area contributed by atoms with Gasteiger partial charge in [0.2, 0.25) is 10.7 Å². The molecule has 0 unspecified atom stereocenters. The number of esters is 1. The fourth-order valence-electron chi connectivity index (χ4n) is 1.24. The summed E-state index contributed by atoms with van der Waals surface area (Å²) in [6.45, 7) is -1.09. The van der Waals surface area contributed by atoms with Crippen LogP contribution in [-0.2, 0) is 15.4 Å². The zero-order chi connectivity index (χ0) is 16.3. The number of hydrogen-bond donors (Lipinski definition) is 2. The van der Waals surface area contributed by atoms with E-state index < -0.39 is 40.9 Å². The van der Waals surface area contributed by atoms with Gasteiger partial charge in [0, 0.05) is 0 Å². The fourth-order valence-corrected chi connectivity index (χ4v) is 1.62. The molecule has 0 saturated heterocycles. The first kappa shape index (κ1) is 17.2. The second kappa shape index (κ2) is 6.29. The predicted octanol–water partition coefficient (Wildman–Crippen LogP) is 1.78. The average Bonchev–Trinajstić information content (AvgIpc) is 2.38. The van der Waals surface area contributed by atoms with Gasteiger partial charge in [0.05, 0.1) is 18.6 Å². The second-order valence-electron chi connectivity index (χ2n) is 3.94. The van der Waals surface area contributed by atoms with Crippen molar-refractivity contribution in [2.45, 2.75) is 17.6 Å². The standard InChI is InChI=1S/C11H10F4O5S/c12-10(13,11(14,15)21(18)19)5-6-20-9(17)7-1-3-8(16)4-2-7/h1-4,16,21H,5-6H2. The van der Waals surface area contributed by atoms with Crippen LogP contribution in [0.5, 0.6) is 5.75 Å². The van der Waals surface area contributed by atoms with Crippen LogP contribution in [0.4, 0.5) is 17.6 Å². The quantitative estimate of drug-likeness (QED) is 0.472. The molecular weight excluding hydrogens is 320 g/mol. The molecule has 1 N–H and O–H groups in total. The third-order valence-electron chi connectivity index (χ3n) is 2.42. The van der Waals surface area contributed by atoms with E-state index in [0.29, 0.717) is 0 Å². The van der Waals surface area contributed by atoms with Gasteiger partial charge in [-0.15, -0.1) is 0 Å². The van der Waals surface area contributed by atoms with Gasteiger partial charge < -0.3 is 9.84 Å². The van der Waals surface area contributed by atoms with Crippen LogP contribution in [0.3, 0.4) is 0 Å². The van der Waals surface area contributed by atoms with Gasteiger partial charge in [-0.1, -0.05) is 0 Å². The van der Waals surface area contributed by atoms with Crippen molar-refractivity contribution >= 4 is 16.7 Å². The molecular formula is C11H10F4O5S. The Labute approximate surface area is 118 Å². The molecule has 0 fully saturated rings. The number of phenols is 1. The van der Waals surface area contributed by atoms with E-state index in [1.807, 2.05) is 0 Å². The number of ether oxygens (including phenoxy) is 1. The van der Waals surface area contributed by atoms with Gasteiger partial charge in [-0.25, -0.2) is 13.2 Å². The van der Waals surface area contributed by atoms with Crippen LogP contribution >= 0.6 is 0 Å². The average molecular weight is 330 g/mol. The van der Waals surface area contributed by atoms with Crippen molar-refractivity contribution in [2.24, 2.45) is 0 Å². The first-order chi connectivity index (χ1) is 9.58. The highest BCUT2D eigenvalue weighted by Gasteiger charge is 2.59. The normalized spacial score (nSPS) is 12.4. The molecule has 1 aromatic rings. The highest BCUT2D eigenvalue weighted by atomic mass is 32.2. The summed E-state index contributed by atoms with van der Waals surface area (Å²) in [5.41, 5.74) is -0.0854. The first-order valence-corrected chi connectivity index (χ1v) is 6.62. The molecule has 0 bridgehead atoms. The van der Waals surface area contributed by atoms with Crippen molar-refractivity contribution in [3.05, 3.63) is 29.8 Å². The van der Waals surface area contributed by atoms with Crippen molar-refractivity contribution in [2.75, 3.05) is 6.61 Å². The summed E-state index contributed by atoms with van der Waals surface area (Å²) in [6, 6.07) is 4.56. The highest BCUT2D eigenvalue weighted by Crippen LogP contribution is 2.37. The minimum Gasteiger partial charge on any atom is -0.508 e.